The SMILES string of the molecule is COC(=O)CN(C)C(=O)NC(=O)CCC(=O)O. The second-order valence-electron chi connectivity index (χ2n) is 3.18. The third-order valence-corrected chi connectivity index (χ3v) is 1.75. The van der Waals surface area contributed by atoms with E-state index in [1.165, 1.54) is 14.2 Å². The van der Waals surface area contributed by atoms with E-state index in [2.05, 4.69) is 4.74 Å². The highest BCUT2D eigenvalue weighted by atomic mass is 16.5. The number of methoxy groups -OCH3 is 1. The van der Waals surface area contributed by atoms with E-state index in [9.17, 15) is 19.2 Å². The molecule has 0 heterocycles. The average Bonchev–Trinajstić information content (AvgIpc) is 2.25. The number of hydrogen-bond acceptors (Lipinski definition) is 5. The topological polar surface area (TPSA) is 113 Å². The summed E-state index contributed by atoms with van der Waals surface area (Å²) in [6.07, 6.45) is -0.660. The molecule has 0 aliphatic heterocycles. The number of carboxylic acid groups (broad SMARTS) is 1. The Bertz CT molecular complexity index is 327. The summed E-state index contributed by atoms with van der Waals surface area (Å²) in [5.41, 5.74) is 0. The Morgan fingerprint density at radius 2 is 1.82 bits per heavy atom. The van der Waals surface area contributed by atoms with Crippen molar-refractivity contribution in [3.05, 3.63) is 0 Å². The van der Waals surface area contributed by atoms with Crippen LogP contribution in [0, 0.1) is 0 Å². The Morgan fingerprint density at radius 1 is 1.24 bits per heavy atom. The lowest BCUT2D eigenvalue weighted by Crippen LogP contribution is -2.43. The van der Waals surface area contributed by atoms with Crippen LogP contribution in [0.25, 0.3) is 0 Å². The number of carbonyl (C=O) groups is 4. The molecule has 96 valence electrons. The van der Waals surface area contributed by atoms with E-state index in [1.54, 1.807) is 0 Å². The molecule has 0 atom stereocenters. The number of rotatable bonds is 5. The van der Waals surface area contributed by atoms with E-state index < -0.39 is 23.9 Å². The van der Waals surface area contributed by atoms with Crippen LogP contribution in [0.1, 0.15) is 12.8 Å². The van der Waals surface area contributed by atoms with E-state index >= 15 is 0 Å². The number of ether oxygens (including phenoxy) is 1. The molecule has 3 amide bonds. The van der Waals surface area contributed by atoms with E-state index in [1.807, 2.05) is 5.32 Å². The van der Waals surface area contributed by atoms with Crippen LogP contribution >= 0.6 is 0 Å². The molecule has 0 aliphatic rings. The van der Waals surface area contributed by atoms with Crippen molar-refractivity contribution in [3.63, 3.8) is 0 Å². The van der Waals surface area contributed by atoms with Gasteiger partial charge < -0.3 is 14.7 Å². The lowest BCUT2D eigenvalue weighted by atomic mass is 10.3. The summed E-state index contributed by atoms with van der Waals surface area (Å²) in [5, 5.41) is 10.3. The molecule has 17 heavy (non-hydrogen) atoms. The van der Waals surface area contributed by atoms with Gasteiger partial charge in [-0.15, -0.1) is 0 Å². The third kappa shape index (κ3) is 6.88. The summed E-state index contributed by atoms with van der Waals surface area (Å²) in [5.74, 6) is -2.47. The second-order valence-corrected chi connectivity index (χ2v) is 3.18. The van der Waals surface area contributed by atoms with Gasteiger partial charge in [0.15, 0.2) is 0 Å². The molecule has 0 fully saturated rings. The molecular weight excluding hydrogens is 232 g/mol. The van der Waals surface area contributed by atoms with Gasteiger partial charge in [0.2, 0.25) is 5.91 Å². The van der Waals surface area contributed by atoms with Crippen molar-refractivity contribution in [2.45, 2.75) is 12.8 Å². The fourth-order valence-electron chi connectivity index (χ4n) is 0.828. The molecule has 2 N–H and O–H groups in total. The second kappa shape index (κ2) is 7.20. The number of amides is 3. The molecule has 0 aromatic rings. The Balaban J connectivity index is 4.03. The molecule has 0 aromatic carbocycles. The molecule has 0 saturated carbocycles. The normalized spacial score (nSPS) is 9.29. The van der Waals surface area contributed by atoms with Crippen molar-refractivity contribution >= 4 is 23.9 Å². The number of likely N-dealkylation sites (N-methyl/N-ethyl adjacent to an activating group) is 1. The van der Waals surface area contributed by atoms with E-state index in [-0.39, 0.29) is 19.4 Å². The molecular formula is C9H14N2O6. The molecule has 0 saturated heterocycles. The smallest absolute Gasteiger partial charge is 0.325 e. The number of carboxylic acids is 1. The number of imide groups is 1. The zero-order valence-corrected chi connectivity index (χ0v) is 9.56. The maximum Gasteiger partial charge on any atom is 0.325 e. The Hall–Kier alpha value is -2.12. The van der Waals surface area contributed by atoms with Crippen LogP contribution < -0.4 is 5.32 Å². The summed E-state index contributed by atoms with van der Waals surface area (Å²) in [4.78, 5) is 44.3. The summed E-state index contributed by atoms with van der Waals surface area (Å²) < 4.78 is 4.33. The molecule has 0 aromatic heterocycles. The third-order valence-electron chi connectivity index (χ3n) is 1.75. The van der Waals surface area contributed by atoms with Gasteiger partial charge in [0.25, 0.3) is 0 Å². The quantitative estimate of drug-likeness (QED) is 0.613. The number of esters is 1. The Morgan fingerprint density at radius 3 is 2.29 bits per heavy atom. The van der Waals surface area contributed by atoms with Gasteiger partial charge in [0.1, 0.15) is 6.54 Å². The maximum absolute atomic E-state index is 11.3. The predicted octanol–water partition coefficient (Wildman–Crippen LogP) is -0.808. The van der Waals surface area contributed by atoms with Crippen LogP contribution in [0.15, 0.2) is 0 Å². The van der Waals surface area contributed by atoms with Gasteiger partial charge in [0, 0.05) is 13.5 Å². The first-order valence-corrected chi connectivity index (χ1v) is 4.70. The van der Waals surface area contributed by atoms with Gasteiger partial charge in [-0.2, -0.15) is 0 Å². The average molecular weight is 246 g/mol. The predicted molar refractivity (Wildman–Crippen MR) is 55.1 cm³/mol. The van der Waals surface area contributed by atoms with Crippen LogP contribution in [-0.4, -0.2) is 54.6 Å². The first-order chi connectivity index (χ1) is 7.86. The molecule has 0 aliphatic carbocycles. The monoisotopic (exact) mass is 246 g/mol. The minimum atomic E-state index is -1.13. The lowest BCUT2D eigenvalue weighted by molar-refractivity contribution is -0.141. The van der Waals surface area contributed by atoms with Crippen molar-refractivity contribution in [2.24, 2.45) is 0 Å². The zero-order chi connectivity index (χ0) is 13.4. The van der Waals surface area contributed by atoms with Gasteiger partial charge in [-0.05, 0) is 0 Å². The highest BCUT2D eigenvalue weighted by Crippen LogP contribution is 1.91. The van der Waals surface area contributed by atoms with Crippen LogP contribution in [0.3, 0.4) is 0 Å². The largest absolute Gasteiger partial charge is 0.481 e. The molecule has 0 spiro atoms. The fourth-order valence-corrected chi connectivity index (χ4v) is 0.828. The number of aliphatic carboxylic acids is 1. The summed E-state index contributed by atoms with van der Waals surface area (Å²) in [7, 11) is 2.48. The number of nitrogens with zero attached hydrogens (tertiary/aromatic N) is 1. The van der Waals surface area contributed by atoms with Crippen LogP contribution in [0.5, 0.6) is 0 Å². The van der Waals surface area contributed by atoms with Gasteiger partial charge >= 0.3 is 18.0 Å². The van der Waals surface area contributed by atoms with Gasteiger partial charge in [-0.1, -0.05) is 0 Å². The minimum absolute atomic E-state index is 0.297. The van der Waals surface area contributed by atoms with Crippen molar-refractivity contribution in [3.8, 4) is 0 Å². The number of nitrogens with one attached hydrogen (secondary N) is 1. The zero-order valence-electron chi connectivity index (χ0n) is 9.56. The van der Waals surface area contributed by atoms with E-state index in [4.69, 9.17) is 5.11 Å². The van der Waals surface area contributed by atoms with Gasteiger partial charge in [-0.25, -0.2) is 4.79 Å². The highest BCUT2D eigenvalue weighted by Gasteiger charge is 2.15. The maximum atomic E-state index is 11.3. The summed E-state index contributed by atoms with van der Waals surface area (Å²) in [6.45, 7) is -0.297. The lowest BCUT2D eigenvalue weighted by Gasteiger charge is -2.15. The van der Waals surface area contributed by atoms with Gasteiger partial charge in [0.05, 0.1) is 13.5 Å². The summed E-state index contributed by atoms with van der Waals surface area (Å²) in [6, 6.07) is -0.786. The number of carbonyl (C=O) groups excluding carboxylic acids is 3. The standard InChI is InChI=1S/C9H14N2O6/c1-11(5-8(15)17-2)9(16)10-6(12)3-4-7(13)14/h3-5H2,1-2H3,(H,13,14)(H,10,12,16). The molecule has 0 radical (unpaired) electrons. The van der Waals surface area contributed by atoms with Crippen LogP contribution in [0.2, 0.25) is 0 Å². The van der Waals surface area contributed by atoms with Crippen molar-refractivity contribution in [2.75, 3.05) is 20.7 Å². The van der Waals surface area contributed by atoms with Crippen molar-refractivity contribution < 1.29 is 29.0 Å². The molecule has 0 bridgehead atoms. The number of hydrogen-bond donors (Lipinski definition) is 2. The Labute approximate surface area is 97.5 Å². The first-order valence-electron chi connectivity index (χ1n) is 4.70. The van der Waals surface area contributed by atoms with E-state index in [0.29, 0.717) is 0 Å². The van der Waals surface area contributed by atoms with Crippen molar-refractivity contribution in [1.29, 1.82) is 0 Å². The molecule has 8 heteroatoms. The van der Waals surface area contributed by atoms with Crippen molar-refractivity contribution in [1.82, 2.24) is 10.2 Å². The minimum Gasteiger partial charge on any atom is -0.481 e. The van der Waals surface area contributed by atoms with Crippen LogP contribution in [-0.2, 0) is 19.1 Å². The first kappa shape index (κ1) is 14.9. The number of urea groups is 1. The van der Waals surface area contributed by atoms with Crippen LogP contribution in [0.4, 0.5) is 4.79 Å². The van der Waals surface area contributed by atoms with Gasteiger partial charge in [-0.3, -0.25) is 19.7 Å². The molecule has 0 rings (SSSR count). The van der Waals surface area contributed by atoms with E-state index in [0.717, 1.165) is 4.90 Å². The molecule has 8 nitrogen and oxygen atoms in total. The Kier molecular flexibility index (Phi) is 6.30. The molecule has 0 unspecified atom stereocenters. The summed E-state index contributed by atoms with van der Waals surface area (Å²) >= 11 is 0. The highest BCUT2D eigenvalue weighted by molar-refractivity contribution is 5.96. The fraction of sp³-hybridized carbons (Fsp3) is 0.556.